The molecule has 1 aromatic rings. The Morgan fingerprint density at radius 1 is 1.39 bits per heavy atom. The second-order valence-corrected chi connectivity index (χ2v) is 7.72. The van der Waals surface area contributed by atoms with E-state index in [4.69, 9.17) is 9.47 Å². The molecule has 28 heavy (non-hydrogen) atoms. The average Bonchev–Trinajstić information content (AvgIpc) is 3.50. The first-order valence-electron chi connectivity index (χ1n) is 10.1. The van der Waals surface area contributed by atoms with Crippen molar-refractivity contribution < 1.29 is 19.2 Å². The maximum absolute atomic E-state index is 11.8. The van der Waals surface area contributed by atoms with Gasteiger partial charge in [-0.3, -0.25) is 14.9 Å². The molecule has 1 saturated heterocycles. The molecule has 1 aromatic heterocycles. The highest BCUT2D eigenvalue weighted by Crippen LogP contribution is 2.37. The van der Waals surface area contributed by atoms with Crippen molar-refractivity contribution in [3.8, 4) is 0 Å². The number of ether oxygens (including phenoxy) is 2. The predicted molar refractivity (Wildman–Crippen MR) is 104 cm³/mol. The van der Waals surface area contributed by atoms with E-state index < -0.39 is 0 Å². The van der Waals surface area contributed by atoms with Crippen LogP contribution >= 0.6 is 0 Å². The molecule has 8 nitrogen and oxygen atoms in total. The van der Waals surface area contributed by atoms with Gasteiger partial charge in [-0.05, 0) is 50.0 Å². The van der Waals surface area contributed by atoms with Crippen molar-refractivity contribution in [3.05, 3.63) is 27.9 Å². The zero-order valence-electron chi connectivity index (χ0n) is 16.6. The standard InChI is InChI=1S/C20H29N3O5/c1-3-28-19(24)10-14(2)16-11-18(23(25)26)20(21-12-16)22(13-15-4-5-15)17-6-8-27-9-7-17/h11-12,14-15,17H,3-10,13H2,1-2H3/t14-/m1/s1. The number of nitro groups is 1. The molecule has 0 spiro atoms. The van der Waals surface area contributed by atoms with Gasteiger partial charge in [-0.1, -0.05) is 6.92 Å². The first-order chi connectivity index (χ1) is 13.5. The Kier molecular flexibility index (Phi) is 6.83. The van der Waals surface area contributed by atoms with Crippen molar-refractivity contribution in [2.75, 3.05) is 31.3 Å². The molecule has 8 heteroatoms. The van der Waals surface area contributed by atoms with E-state index in [-0.39, 0.29) is 35.0 Å². The second-order valence-electron chi connectivity index (χ2n) is 7.72. The molecule has 0 amide bonds. The molecule has 0 unspecified atom stereocenters. The van der Waals surface area contributed by atoms with E-state index in [1.807, 2.05) is 6.92 Å². The third-order valence-electron chi connectivity index (χ3n) is 5.47. The number of nitrogens with zero attached hydrogens (tertiary/aromatic N) is 3. The van der Waals surface area contributed by atoms with Crippen molar-refractivity contribution in [1.82, 2.24) is 4.98 Å². The average molecular weight is 391 g/mol. The van der Waals surface area contributed by atoms with Crippen molar-refractivity contribution >= 4 is 17.5 Å². The highest BCUT2D eigenvalue weighted by Gasteiger charge is 2.34. The van der Waals surface area contributed by atoms with Crippen LogP contribution in [-0.4, -0.2) is 48.3 Å². The number of hydrogen-bond acceptors (Lipinski definition) is 7. The smallest absolute Gasteiger partial charge is 0.311 e. The first kappa shape index (κ1) is 20.5. The number of carbonyl (C=O) groups is 1. The van der Waals surface area contributed by atoms with Gasteiger partial charge in [0.25, 0.3) is 0 Å². The molecule has 2 aliphatic rings. The van der Waals surface area contributed by atoms with Crippen LogP contribution in [0, 0.1) is 16.0 Å². The van der Waals surface area contributed by atoms with Crippen LogP contribution in [0.2, 0.25) is 0 Å². The zero-order valence-corrected chi connectivity index (χ0v) is 16.6. The number of anilines is 1. The van der Waals surface area contributed by atoms with Gasteiger partial charge in [0.2, 0.25) is 5.82 Å². The molecule has 1 aliphatic heterocycles. The van der Waals surface area contributed by atoms with E-state index in [1.54, 1.807) is 19.2 Å². The Balaban J connectivity index is 1.85. The van der Waals surface area contributed by atoms with Crippen molar-refractivity contribution in [1.29, 1.82) is 0 Å². The maximum Gasteiger partial charge on any atom is 0.311 e. The number of carbonyl (C=O) groups excluding carboxylic acids is 1. The van der Waals surface area contributed by atoms with Crippen LogP contribution in [0.15, 0.2) is 12.3 Å². The number of pyridine rings is 1. The molecular formula is C20H29N3O5. The Labute approximate surface area is 165 Å². The van der Waals surface area contributed by atoms with Gasteiger partial charge in [0.05, 0.1) is 18.0 Å². The third-order valence-corrected chi connectivity index (χ3v) is 5.47. The van der Waals surface area contributed by atoms with Gasteiger partial charge in [0.1, 0.15) is 0 Å². The molecule has 1 aliphatic carbocycles. The van der Waals surface area contributed by atoms with Crippen molar-refractivity contribution in [2.45, 2.75) is 57.9 Å². The highest BCUT2D eigenvalue weighted by molar-refractivity contribution is 5.70. The van der Waals surface area contributed by atoms with Crippen molar-refractivity contribution in [2.24, 2.45) is 5.92 Å². The number of aromatic nitrogens is 1. The minimum Gasteiger partial charge on any atom is -0.466 e. The van der Waals surface area contributed by atoms with Gasteiger partial charge < -0.3 is 14.4 Å². The summed E-state index contributed by atoms with van der Waals surface area (Å²) in [4.78, 5) is 29.9. The molecule has 0 bridgehead atoms. The second kappa shape index (κ2) is 9.32. The Morgan fingerprint density at radius 3 is 2.71 bits per heavy atom. The monoisotopic (exact) mass is 391 g/mol. The third kappa shape index (κ3) is 5.19. The molecule has 1 saturated carbocycles. The van der Waals surface area contributed by atoms with E-state index in [1.165, 1.54) is 12.8 Å². The molecule has 2 fully saturated rings. The fourth-order valence-corrected chi connectivity index (χ4v) is 3.66. The Morgan fingerprint density at radius 2 is 2.11 bits per heavy atom. The maximum atomic E-state index is 11.8. The van der Waals surface area contributed by atoms with Gasteiger partial charge in [0, 0.05) is 38.1 Å². The quantitative estimate of drug-likeness (QED) is 0.361. The van der Waals surface area contributed by atoms with Crippen LogP contribution in [0.3, 0.4) is 0 Å². The summed E-state index contributed by atoms with van der Waals surface area (Å²) in [6, 6.07) is 1.79. The summed E-state index contributed by atoms with van der Waals surface area (Å²) in [6.45, 7) is 6.09. The fraction of sp³-hybridized carbons (Fsp3) is 0.700. The van der Waals surface area contributed by atoms with Crippen LogP contribution in [0.1, 0.15) is 57.4 Å². The summed E-state index contributed by atoms with van der Waals surface area (Å²) in [6.07, 6.45) is 5.90. The SMILES string of the molecule is CCOC(=O)C[C@@H](C)c1cnc(N(CC2CC2)C2CCOCC2)c([N+](=O)[O-])c1. The Hall–Kier alpha value is -2.22. The molecule has 154 valence electrons. The van der Waals surface area contributed by atoms with E-state index >= 15 is 0 Å². The fourth-order valence-electron chi connectivity index (χ4n) is 3.66. The normalized spacial score (nSPS) is 18.5. The van der Waals surface area contributed by atoms with Crippen LogP contribution in [0.4, 0.5) is 11.5 Å². The van der Waals surface area contributed by atoms with E-state index in [9.17, 15) is 14.9 Å². The van der Waals surface area contributed by atoms with Gasteiger partial charge in [0.15, 0.2) is 0 Å². The number of esters is 1. The molecule has 2 heterocycles. The summed E-state index contributed by atoms with van der Waals surface area (Å²) in [7, 11) is 0. The van der Waals surface area contributed by atoms with Crippen LogP contribution < -0.4 is 4.90 Å². The summed E-state index contributed by atoms with van der Waals surface area (Å²) in [5.74, 6) is 0.529. The first-order valence-corrected chi connectivity index (χ1v) is 10.1. The molecule has 0 aromatic carbocycles. The number of hydrogen-bond donors (Lipinski definition) is 0. The predicted octanol–water partition coefficient (Wildman–Crippen LogP) is 3.44. The Bertz CT molecular complexity index is 701. The molecule has 0 radical (unpaired) electrons. The van der Waals surface area contributed by atoms with Crippen LogP contribution in [-0.2, 0) is 14.3 Å². The topological polar surface area (TPSA) is 94.8 Å². The lowest BCUT2D eigenvalue weighted by Gasteiger charge is -2.35. The molecule has 3 rings (SSSR count). The molecule has 1 atom stereocenters. The van der Waals surface area contributed by atoms with Crippen LogP contribution in [0.25, 0.3) is 0 Å². The molecular weight excluding hydrogens is 362 g/mol. The van der Waals surface area contributed by atoms with Crippen molar-refractivity contribution in [3.63, 3.8) is 0 Å². The minimum atomic E-state index is -0.359. The molecule has 0 N–H and O–H groups in total. The summed E-state index contributed by atoms with van der Waals surface area (Å²) < 4.78 is 10.5. The van der Waals surface area contributed by atoms with Gasteiger partial charge >= 0.3 is 11.7 Å². The van der Waals surface area contributed by atoms with E-state index in [2.05, 4.69) is 9.88 Å². The van der Waals surface area contributed by atoms with Gasteiger partial charge in [-0.15, -0.1) is 0 Å². The summed E-state index contributed by atoms with van der Waals surface area (Å²) in [5.41, 5.74) is 0.696. The largest absolute Gasteiger partial charge is 0.466 e. The minimum absolute atomic E-state index is 0.0142. The lowest BCUT2D eigenvalue weighted by molar-refractivity contribution is -0.384. The van der Waals surface area contributed by atoms with Gasteiger partial charge in [-0.25, -0.2) is 4.98 Å². The number of rotatable bonds is 9. The van der Waals surface area contributed by atoms with Gasteiger partial charge in [-0.2, -0.15) is 0 Å². The zero-order chi connectivity index (χ0) is 20.1. The lowest BCUT2D eigenvalue weighted by Crippen LogP contribution is -2.41. The van der Waals surface area contributed by atoms with E-state index in [0.717, 1.165) is 19.4 Å². The highest BCUT2D eigenvalue weighted by atomic mass is 16.6. The lowest BCUT2D eigenvalue weighted by atomic mass is 9.98. The summed E-state index contributed by atoms with van der Waals surface area (Å²) in [5, 5.41) is 11.8. The van der Waals surface area contributed by atoms with E-state index in [0.29, 0.717) is 37.1 Å². The summed E-state index contributed by atoms with van der Waals surface area (Å²) >= 11 is 0. The van der Waals surface area contributed by atoms with Crippen LogP contribution in [0.5, 0.6) is 0 Å².